The Labute approximate surface area is 140 Å². The molecular formula is C20H19FN2O. The van der Waals surface area contributed by atoms with E-state index in [1.807, 2.05) is 47.3 Å². The van der Waals surface area contributed by atoms with Gasteiger partial charge in [-0.1, -0.05) is 24.3 Å². The second kappa shape index (κ2) is 6.11. The maximum atomic E-state index is 14.4. The van der Waals surface area contributed by atoms with Crippen LogP contribution in [-0.4, -0.2) is 16.9 Å². The summed E-state index contributed by atoms with van der Waals surface area (Å²) in [4.78, 5) is 0. The van der Waals surface area contributed by atoms with Gasteiger partial charge in [0.05, 0.1) is 25.5 Å². The van der Waals surface area contributed by atoms with Crippen molar-refractivity contribution in [1.29, 1.82) is 0 Å². The van der Waals surface area contributed by atoms with Crippen molar-refractivity contribution in [3.63, 3.8) is 0 Å². The zero-order valence-electron chi connectivity index (χ0n) is 13.6. The van der Waals surface area contributed by atoms with Crippen molar-refractivity contribution in [2.24, 2.45) is 0 Å². The molecule has 0 radical (unpaired) electrons. The third kappa shape index (κ3) is 2.80. The van der Waals surface area contributed by atoms with Crippen LogP contribution in [0.15, 0.2) is 54.7 Å². The highest BCUT2D eigenvalue weighted by Gasteiger charge is 2.30. The smallest absolute Gasteiger partial charge is 0.132 e. The van der Waals surface area contributed by atoms with Crippen LogP contribution in [0, 0.1) is 5.82 Å². The van der Waals surface area contributed by atoms with Gasteiger partial charge in [0.1, 0.15) is 11.6 Å². The molecule has 3 nitrogen and oxygen atoms in total. The monoisotopic (exact) mass is 322 g/mol. The van der Waals surface area contributed by atoms with E-state index in [2.05, 4.69) is 5.10 Å². The molecule has 3 aromatic rings. The predicted octanol–water partition coefficient (Wildman–Crippen LogP) is 4.62. The van der Waals surface area contributed by atoms with E-state index in [-0.39, 0.29) is 5.82 Å². The summed E-state index contributed by atoms with van der Waals surface area (Å²) < 4.78 is 21.5. The SMILES string of the molecule is COc1ccc(Cn2ncc(C3CC3)c2-c2ccccc2F)cc1. The Morgan fingerprint density at radius 2 is 1.88 bits per heavy atom. The minimum absolute atomic E-state index is 0.198. The van der Waals surface area contributed by atoms with Gasteiger partial charge in [0.15, 0.2) is 0 Å². The van der Waals surface area contributed by atoms with Crippen LogP contribution in [0.3, 0.4) is 0 Å². The highest BCUT2D eigenvalue weighted by Crippen LogP contribution is 2.44. The lowest BCUT2D eigenvalue weighted by Gasteiger charge is -2.11. The first-order valence-corrected chi connectivity index (χ1v) is 8.20. The second-order valence-corrected chi connectivity index (χ2v) is 6.21. The van der Waals surface area contributed by atoms with Gasteiger partial charge < -0.3 is 4.74 Å². The Bertz CT molecular complexity index is 850. The van der Waals surface area contributed by atoms with Crippen LogP contribution < -0.4 is 4.74 Å². The van der Waals surface area contributed by atoms with Crippen LogP contribution in [-0.2, 0) is 6.54 Å². The number of ether oxygens (including phenoxy) is 1. The van der Waals surface area contributed by atoms with E-state index in [1.165, 1.54) is 6.07 Å². The average Bonchev–Trinajstić information content (AvgIpc) is 3.38. The molecule has 0 saturated heterocycles. The minimum Gasteiger partial charge on any atom is -0.497 e. The third-order valence-electron chi connectivity index (χ3n) is 4.51. The van der Waals surface area contributed by atoms with E-state index in [9.17, 15) is 4.39 Å². The lowest BCUT2D eigenvalue weighted by molar-refractivity contribution is 0.414. The molecule has 0 aliphatic heterocycles. The van der Waals surface area contributed by atoms with Crippen molar-refractivity contribution >= 4 is 0 Å². The molecule has 0 atom stereocenters. The number of rotatable bonds is 5. The predicted molar refractivity (Wildman–Crippen MR) is 91.7 cm³/mol. The van der Waals surface area contributed by atoms with Crippen LogP contribution in [0.2, 0.25) is 0 Å². The fourth-order valence-corrected chi connectivity index (χ4v) is 3.06. The summed E-state index contributed by atoms with van der Waals surface area (Å²) >= 11 is 0. The van der Waals surface area contributed by atoms with Crippen molar-refractivity contribution < 1.29 is 9.13 Å². The van der Waals surface area contributed by atoms with Gasteiger partial charge in [-0.05, 0) is 48.6 Å². The minimum atomic E-state index is -0.198. The summed E-state index contributed by atoms with van der Waals surface area (Å²) in [5.41, 5.74) is 3.81. The molecule has 1 heterocycles. The number of hydrogen-bond acceptors (Lipinski definition) is 2. The largest absolute Gasteiger partial charge is 0.497 e. The molecule has 122 valence electrons. The zero-order chi connectivity index (χ0) is 16.5. The van der Waals surface area contributed by atoms with E-state index < -0.39 is 0 Å². The van der Waals surface area contributed by atoms with Crippen molar-refractivity contribution in [2.75, 3.05) is 7.11 Å². The molecule has 0 amide bonds. The van der Waals surface area contributed by atoms with Gasteiger partial charge in [-0.2, -0.15) is 5.10 Å². The molecule has 0 unspecified atom stereocenters. The van der Waals surface area contributed by atoms with Gasteiger partial charge in [-0.25, -0.2) is 4.39 Å². The number of methoxy groups -OCH3 is 1. The Hall–Kier alpha value is -2.62. The molecule has 1 aromatic heterocycles. The van der Waals surface area contributed by atoms with Crippen molar-refractivity contribution in [2.45, 2.75) is 25.3 Å². The van der Waals surface area contributed by atoms with Crippen molar-refractivity contribution in [3.05, 3.63) is 71.7 Å². The topological polar surface area (TPSA) is 27.1 Å². The Kier molecular flexibility index (Phi) is 3.81. The average molecular weight is 322 g/mol. The fraction of sp³-hybridized carbons (Fsp3) is 0.250. The molecule has 0 spiro atoms. The number of benzene rings is 2. The van der Waals surface area contributed by atoms with Crippen molar-refractivity contribution in [1.82, 2.24) is 9.78 Å². The maximum absolute atomic E-state index is 14.4. The van der Waals surface area contributed by atoms with Gasteiger partial charge >= 0.3 is 0 Å². The Morgan fingerprint density at radius 1 is 1.12 bits per heavy atom. The first-order valence-electron chi connectivity index (χ1n) is 8.20. The molecule has 1 aliphatic carbocycles. The number of aromatic nitrogens is 2. The lowest BCUT2D eigenvalue weighted by Crippen LogP contribution is -2.05. The molecule has 4 rings (SSSR count). The summed E-state index contributed by atoms with van der Waals surface area (Å²) in [5, 5.41) is 4.55. The van der Waals surface area contributed by atoms with Crippen LogP contribution in [0.4, 0.5) is 4.39 Å². The molecular weight excluding hydrogens is 303 g/mol. The highest BCUT2D eigenvalue weighted by molar-refractivity contribution is 5.65. The highest BCUT2D eigenvalue weighted by atomic mass is 19.1. The van der Waals surface area contributed by atoms with Crippen LogP contribution in [0.25, 0.3) is 11.3 Å². The van der Waals surface area contributed by atoms with Gasteiger partial charge in [0.2, 0.25) is 0 Å². The maximum Gasteiger partial charge on any atom is 0.132 e. The van der Waals surface area contributed by atoms with Crippen LogP contribution in [0.5, 0.6) is 5.75 Å². The summed E-state index contributed by atoms with van der Waals surface area (Å²) in [5.74, 6) is 1.15. The second-order valence-electron chi connectivity index (χ2n) is 6.21. The van der Waals surface area contributed by atoms with E-state index >= 15 is 0 Å². The van der Waals surface area contributed by atoms with E-state index in [4.69, 9.17) is 4.74 Å². The summed E-state index contributed by atoms with van der Waals surface area (Å²) in [6.07, 6.45) is 4.23. The van der Waals surface area contributed by atoms with Gasteiger partial charge in [-0.3, -0.25) is 4.68 Å². The Balaban J connectivity index is 1.74. The normalized spacial score (nSPS) is 13.9. The third-order valence-corrected chi connectivity index (χ3v) is 4.51. The molecule has 2 aromatic carbocycles. The molecule has 0 bridgehead atoms. The molecule has 1 aliphatic rings. The van der Waals surface area contributed by atoms with Gasteiger partial charge in [0, 0.05) is 11.1 Å². The number of hydrogen-bond donors (Lipinski definition) is 0. The molecule has 0 N–H and O–H groups in total. The van der Waals surface area contributed by atoms with E-state index in [0.717, 1.165) is 35.4 Å². The lowest BCUT2D eigenvalue weighted by atomic mass is 10.0. The first-order chi connectivity index (χ1) is 11.8. The van der Waals surface area contributed by atoms with E-state index in [0.29, 0.717) is 18.0 Å². The van der Waals surface area contributed by atoms with Gasteiger partial charge in [0.25, 0.3) is 0 Å². The standard InChI is InChI=1S/C20H19FN2O/c1-24-16-10-6-14(7-11-16)13-23-20(17-4-2-3-5-19(17)21)18(12-22-23)15-8-9-15/h2-7,10-12,15H,8-9,13H2,1H3. The van der Waals surface area contributed by atoms with Crippen molar-refractivity contribution in [3.8, 4) is 17.0 Å². The van der Waals surface area contributed by atoms with Crippen LogP contribution >= 0.6 is 0 Å². The zero-order valence-corrected chi connectivity index (χ0v) is 13.6. The van der Waals surface area contributed by atoms with Gasteiger partial charge in [-0.15, -0.1) is 0 Å². The quantitative estimate of drug-likeness (QED) is 0.685. The number of nitrogens with zero attached hydrogens (tertiary/aromatic N) is 2. The molecule has 4 heteroatoms. The van der Waals surface area contributed by atoms with E-state index in [1.54, 1.807) is 13.2 Å². The Morgan fingerprint density at radius 3 is 2.54 bits per heavy atom. The molecule has 1 saturated carbocycles. The fourth-order valence-electron chi connectivity index (χ4n) is 3.06. The molecule has 24 heavy (non-hydrogen) atoms. The van der Waals surface area contributed by atoms with Crippen LogP contribution in [0.1, 0.15) is 29.9 Å². The summed E-state index contributed by atoms with van der Waals surface area (Å²) in [6.45, 7) is 0.611. The summed E-state index contributed by atoms with van der Waals surface area (Å²) in [7, 11) is 1.65. The molecule has 1 fully saturated rings. The summed E-state index contributed by atoms with van der Waals surface area (Å²) in [6, 6.07) is 14.8. The number of halogens is 1. The first kappa shape index (κ1) is 14.9.